The maximum atomic E-state index is 11.8. The van der Waals surface area contributed by atoms with E-state index in [-0.39, 0.29) is 11.6 Å². The number of esters is 1. The Balaban J connectivity index is 1.83. The van der Waals surface area contributed by atoms with Gasteiger partial charge >= 0.3 is 5.97 Å². The summed E-state index contributed by atoms with van der Waals surface area (Å²) >= 11 is 0. The molecule has 5 nitrogen and oxygen atoms in total. The summed E-state index contributed by atoms with van der Waals surface area (Å²) < 4.78 is 11.2. The third-order valence-corrected chi connectivity index (χ3v) is 4.16. The van der Waals surface area contributed by atoms with E-state index < -0.39 is 0 Å². The fraction of sp³-hybridized carbons (Fsp3) is 0.632. The number of rotatable bonds is 8. The van der Waals surface area contributed by atoms with Crippen molar-refractivity contribution in [2.45, 2.75) is 39.2 Å². The molecule has 0 saturated carbocycles. The number of nitrogens with zero attached hydrogens (tertiary/aromatic N) is 1. The summed E-state index contributed by atoms with van der Waals surface area (Å²) in [4.78, 5) is 14.3. The first-order valence-corrected chi connectivity index (χ1v) is 8.89. The monoisotopic (exact) mass is 334 g/mol. The highest BCUT2D eigenvalue weighted by molar-refractivity contribution is 5.89. The van der Waals surface area contributed by atoms with Crippen LogP contribution in [0.15, 0.2) is 24.3 Å². The molecule has 2 rings (SSSR count). The fourth-order valence-corrected chi connectivity index (χ4v) is 2.67. The van der Waals surface area contributed by atoms with E-state index in [0.717, 1.165) is 51.3 Å². The summed E-state index contributed by atoms with van der Waals surface area (Å²) in [7, 11) is 0. The Labute approximate surface area is 145 Å². The molecule has 1 aliphatic heterocycles. The molecule has 1 aliphatic rings. The molecule has 1 aromatic rings. The van der Waals surface area contributed by atoms with Crippen LogP contribution < -0.4 is 10.1 Å². The van der Waals surface area contributed by atoms with Gasteiger partial charge in [-0.25, -0.2) is 4.79 Å². The Morgan fingerprint density at radius 3 is 2.50 bits per heavy atom. The highest BCUT2D eigenvalue weighted by Gasteiger charge is 2.22. The van der Waals surface area contributed by atoms with E-state index in [1.165, 1.54) is 0 Å². The molecule has 0 atom stereocenters. The van der Waals surface area contributed by atoms with Gasteiger partial charge in [0.25, 0.3) is 0 Å². The van der Waals surface area contributed by atoms with Crippen LogP contribution in [0.2, 0.25) is 0 Å². The zero-order valence-electron chi connectivity index (χ0n) is 15.1. The summed E-state index contributed by atoms with van der Waals surface area (Å²) in [5.74, 6) is 0.508. The van der Waals surface area contributed by atoms with Gasteiger partial charge < -0.3 is 19.7 Å². The van der Waals surface area contributed by atoms with Gasteiger partial charge in [-0.2, -0.15) is 0 Å². The van der Waals surface area contributed by atoms with Crippen molar-refractivity contribution in [2.24, 2.45) is 0 Å². The van der Waals surface area contributed by atoms with Gasteiger partial charge in [0.2, 0.25) is 0 Å². The zero-order valence-corrected chi connectivity index (χ0v) is 15.1. The van der Waals surface area contributed by atoms with Crippen LogP contribution in [0.4, 0.5) is 0 Å². The minimum absolute atomic E-state index is 0.241. The van der Waals surface area contributed by atoms with Gasteiger partial charge in [-0.3, -0.25) is 0 Å². The zero-order chi connectivity index (χ0) is 17.4. The van der Waals surface area contributed by atoms with Gasteiger partial charge in [0.1, 0.15) is 11.4 Å². The van der Waals surface area contributed by atoms with Crippen molar-refractivity contribution in [3.8, 4) is 5.75 Å². The third kappa shape index (κ3) is 6.13. The normalized spacial score (nSPS) is 16.0. The highest BCUT2D eigenvalue weighted by Crippen LogP contribution is 2.22. The van der Waals surface area contributed by atoms with Crippen LogP contribution in [-0.4, -0.2) is 55.8 Å². The second kappa shape index (κ2) is 9.04. The molecule has 0 amide bonds. The maximum Gasteiger partial charge on any atom is 0.338 e. The number of carbonyl (C=O) groups is 1. The molecular weight excluding hydrogens is 304 g/mol. The summed E-state index contributed by atoms with van der Waals surface area (Å²) in [6.45, 7) is 12.0. The smallest absolute Gasteiger partial charge is 0.338 e. The lowest BCUT2D eigenvalue weighted by Crippen LogP contribution is -2.45. The lowest BCUT2D eigenvalue weighted by Gasteiger charge is -2.32. The molecule has 0 aromatic heterocycles. The van der Waals surface area contributed by atoms with Gasteiger partial charge in [-0.1, -0.05) is 6.92 Å². The van der Waals surface area contributed by atoms with Gasteiger partial charge in [0.05, 0.1) is 12.2 Å². The topological polar surface area (TPSA) is 50.8 Å². The molecule has 0 spiro atoms. The van der Waals surface area contributed by atoms with E-state index in [1.807, 2.05) is 19.1 Å². The minimum Gasteiger partial charge on any atom is -0.488 e. The van der Waals surface area contributed by atoms with E-state index in [9.17, 15) is 4.79 Å². The molecular formula is C19H30N2O3. The van der Waals surface area contributed by atoms with Crippen molar-refractivity contribution in [1.29, 1.82) is 0 Å². The second-order valence-corrected chi connectivity index (χ2v) is 6.86. The molecule has 134 valence electrons. The summed E-state index contributed by atoms with van der Waals surface area (Å²) in [5, 5.41) is 3.37. The molecule has 1 fully saturated rings. The van der Waals surface area contributed by atoms with Crippen LogP contribution in [0.3, 0.4) is 0 Å². The average Bonchev–Trinajstić information content (AvgIpc) is 2.59. The van der Waals surface area contributed by atoms with E-state index in [4.69, 9.17) is 9.47 Å². The van der Waals surface area contributed by atoms with Crippen molar-refractivity contribution >= 4 is 5.97 Å². The summed E-state index contributed by atoms with van der Waals surface area (Å²) in [6, 6.07) is 7.21. The SMILES string of the molecule is CCCOC(=O)c1ccc(OC(C)(C)CCN2CCNCC2)cc1. The first kappa shape index (κ1) is 18.7. The number of benzene rings is 1. The van der Waals surface area contributed by atoms with Crippen LogP contribution >= 0.6 is 0 Å². The number of hydrogen-bond acceptors (Lipinski definition) is 5. The van der Waals surface area contributed by atoms with Gasteiger partial charge in [-0.05, 0) is 51.0 Å². The number of ether oxygens (including phenoxy) is 2. The summed E-state index contributed by atoms with van der Waals surface area (Å²) in [5.41, 5.74) is 0.323. The molecule has 0 radical (unpaired) electrons. The Bertz CT molecular complexity index is 508. The molecule has 0 aliphatic carbocycles. The van der Waals surface area contributed by atoms with Gasteiger partial charge in [0.15, 0.2) is 0 Å². The van der Waals surface area contributed by atoms with Crippen molar-refractivity contribution in [3.63, 3.8) is 0 Å². The van der Waals surface area contributed by atoms with Crippen LogP contribution in [0.25, 0.3) is 0 Å². The van der Waals surface area contributed by atoms with Gasteiger partial charge in [0, 0.05) is 32.7 Å². The largest absolute Gasteiger partial charge is 0.488 e. The van der Waals surface area contributed by atoms with Crippen molar-refractivity contribution in [1.82, 2.24) is 10.2 Å². The standard InChI is InChI=1S/C19H30N2O3/c1-4-15-23-18(22)16-5-7-17(8-6-16)24-19(2,3)9-12-21-13-10-20-11-14-21/h5-8,20H,4,9-15H2,1-3H3. The lowest BCUT2D eigenvalue weighted by atomic mass is 10.0. The Kier molecular flexibility index (Phi) is 7.06. The molecule has 0 unspecified atom stereocenters. The molecule has 1 heterocycles. The van der Waals surface area contributed by atoms with Crippen molar-refractivity contribution < 1.29 is 14.3 Å². The minimum atomic E-state index is -0.277. The quantitative estimate of drug-likeness (QED) is 0.741. The van der Waals surface area contributed by atoms with Crippen LogP contribution in [-0.2, 0) is 4.74 Å². The van der Waals surface area contributed by atoms with Crippen molar-refractivity contribution in [3.05, 3.63) is 29.8 Å². The maximum absolute atomic E-state index is 11.8. The van der Waals surface area contributed by atoms with Gasteiger partial charge in [-0.15, -0.1) is 0 Å². The second-order valence-electron chi connectivity index (χ2n) is 6.86. The Hall–Kier alpha value is -1.59. The fourth-order valence-electron chi connectivity index (χ4n) is 2.67. The van der Waals surface area contributed by atoms with E-state index in [2.05, 4.69) is 24.1 Å². The molecule has 5 heteroatoms. The number of piperazine rings is 1. The number of hydrogen-bond donors (Lipinski definition) is 1. The number of carbonyl (C=O) groups excluding carboxylic acids is 1. The Morgan fingerprint density at radius 1 is 1.21 bits per heavy atom. The molecule has 1 saturated heterocycles. The molecule has 1 aromatic carbocycles. The Morgan fingerprint density at radius 2 is 1.88 bits per heavy atom. The van der Waals surface area contributed by atoms with E-state index >= 15 is 0 Å². The van der Waals surface area contributed by atoms with E-state index in [0.29, 0.717) is 12.2 Å². The van der Waals surface area contributed by atoms with Crippen LogP contribution in [0.5, 0.6) is 5.75 Å². The summed E-state index contributed by atoms with van der Waals surface area (Å²) in [6.07, 6.45) is 1.79. The first-order valence-electron chi connectivity index (χ1n) is 8.89. The van der Waals surface area contributed by atoms with Crippen LogP contribution in [0.1, 0.15) is 44.0 Å². The highest BCUT2D eigenvalue weighted by atomic mass is 16.5. The van der Waals surface area contributed by atoms with Crippen LogP contribution in [0, 0.1) is 0 Å². The number of nitrogens with one attached hydrogen (secondary N) is 1. The molecule has 1 N–H and O–H groups in total. The molecule has 24 heavy (non-hydrogen) atoms. The average molecular weight is 334 g/mol. The lowest BCUT2D eigenvalue weighted by molar-refractivity contribution is 0.0505. The third-order valence-electron chi connectivity index (χ3n) is 4.16. The predicted molar refractivity (Wildman–Crippen MR) is 95.6 cm³/mol. The predicted octanol–water partition coefficient (Wildman–Crippen LogP) is 2.71. The molecule has 0 bridgehead atoms. The van der Waals surface area contributed by atoms with E-state index in [1.54, 1.807) is 12.1 Å². The first-order chi connectivity index (χ1) is 11.5. The van der Waals surface area contributed by atoms with Crippen molar-refractivity contribution in [2.75, 3.05) is 39.3 Å².